The second kappa shape index (κ2) is 5.04. The van der Waals surface area contributed by atoms with Crippen molar-refractivity contribution in [1.82, 2.24) is 4.98 Å². The molecular formula is C15H22BrNO2Si. The fourth-order valence-electron chi connectivity index (χ4n) is 2.53. The predicted molar refractivity (Wildman–Crippen MR) is 87.2 cm³/mol. The number of halogens is 1. The van der Waals surface area contributed by atoms with Crippen molar-refractivity contribution in [2.75, 3.05) is 0 Å². The first-order valence-electron chi connectivity index (χ1n) is 6.87. The number of rotatable bonds is 2. The van der Waals surface area contributed by atoms with Crippen LogP contribution in [0.3, 0.4) is 0 Å². The minimum Gasteiger partial charge on any atom is -0.372 e. The van der Waals surface area contributed by atoms with Gasteiger partial charge in [0.2, 0.25) is 0 Å². The van der Waals surface area contributed by atoms with Crippen LogP contribution in [-0.2, 0) is 18.0 Å². The first kappa shape index (κ1) is 15.9. The van der Waals surface area contributed by atoms with Gasteiger partial charge in [-0.15, -0.1) is 0 Å². The third-order valence-corrected chi connectivity index (χ3v) is 6.20. The van der Waals surface area contributed by atoms with Crippen molar-refractivity contribution in [1.29, 1.82) is 0 Å². The van der Waals surface area contributed by atoms with E-state index in [0.717, 1.165) is 10.2 Å². The lowest BCUT2D eigenvalue weighted by Gasteiger charge is -2.26. The number of carbonyl (C=O) groups is 1. The molecule has 0 amide bonds. The highest BCUT2D eigenvalue weighted by molar-refractivity contribution is 9.10. The van der Waals surface area contributed by atoms with E-state index in [1.807, 2.05) is 20.8 Å². The van der Waals surface area contributed by atoms with Gasteiger partial charge in [0.25, 0.3) is 0 Å². The molecule has 0 aliphatic carbocycles. The quantitative estimate of drug-likeness (QED) is 0.461. The summed E-state index contributed by atoms with van der Waals surface area (Å²) in [6, 6.07) is 0. The van der Waals surface area contributed by atoms with Gasteiger partial charge in [0.1, 0.15) is 10.3 Å². The fraction of sp³-hybridized carbons (Fsp3) is 0.600. The number of ketones is 1. The third-order valence-electron chi connectivity index (χ3n) is 3.50. The minimum absolute atomic E-state index is 0.116. The van der Waals surface area contributed by atoms with E-state index in [2.05, 4.69) is 40.6 Å². The molecule has 0 bridgehead atoms. The minimum atomic E-state index is -1.68. The second-order valence-electron chi connectivity index (χ2n) is 7.41. The summed E-state index contributed by atoms with van der Waals surface area (Å²) in [5.74, 6) is 0.116. The summed E-state index contributed by atoms with van der Waals surface area (Å²) in [6.07, 6.45) is 0. The van der Waals surface area contributed by atoms with Crippen LogP contribution in [0.2, 0.25) is 19.6 Å². The molecular weight excluding hydrogens is 334 g/mol. The van der Waals surface area contributed by atoms with E-state index in [9.17, 15) is 4.79 Å². The first-order chi connectivity index (χ1) is 9.03. The normalized spacial score (nSPS) is 15.3. The van der Waals surface area contributed by atoms with Gasteiger partial charge in [0.05, 0.1) is 21.3 Å². The van der Waals surface area contributed by atoms with Crippen LogP contribution in [0.4, 0.5) is 0 Å². The highest BCUT2D eigenvalue weighted by Crippen LogP contribution is 2.30. The summed E-state index contributed by atoms with van der Waals surface area (Å²) in [5.41, 5.74) is 2.54. The van der Waals surface area contributed by atoms with E-state index in [-0.39, 0.29) is 5.78 Å². The van der Waals surface area contributed by atoms with Crippen molar-refractivity contribution in [3.8, 4) is 0 Å². The zero-order valence-corrected chi connectivity index (χ0v) is 15.6. The molecule has 0 spiro atoms. The average Bonchev–Trinajstić information content (AvgIpc) is 2.73. The smallest absolute Gasteiger partial charge is 0.186 e. The molecule has 0 atom stereocenters. The SMILES string of the molecule is CC(C)(C)C(=O)c1nc(Br)c2c(c1[Si](C)(C)C)COC2. The molecule has 2 heterocycles. The van der Waals surface area contributed by atoms with Gasteiger partial charge in [-0.2, -0.15) is 0 Å². The maximum Gasteiger partial charge on any atom is 0.186 e. The number of ether oxygens (including phenoxy) is 1. The molecule has 1 aliphatic rings. The zero-order valence-electron chi connectivity index (χ0n) is 13.1. The Hall–Kier alpha value is -0.523. The fourth-order valence-corrected chi connectivity index (χ4v) is 5.07. The van der Waals surface area contributed by atoms with Crippen molar-refractivity contribution in [2.24, 2.45) is 5.41 Å². The molecule has 0 aromatic carbocycles. The Balaban J connectivity index is 2.75. The lowest BCUT2D eigenvalue weighted by Crippen LogP contribution is -2.46. The van der Waals surface area contributed by atoms with Crippen LogP contribution in [0.25, 0.3) is 0 Å². The van der Waals surface area contributed by atoms with Gasteiger partial charge in [0, 0.05) is 11.0 Å². The van der Waals surface area contributed by atoms with Crippen LogP contribution in [0.1, 0.15) is 42.4 Å². The van der Waals surface area contributed by atoms with E-state index in [0.29, 0.717) is 18.9 Å². The number of nitrogens with zero attached hydrogens (tertiary/aromatic N) is 1. The van der Waals surface area contributed by atoms with Gasteiger partial charge in [-0.05, 0) is 26.7 Å². The molecule has 1 aromatic rings. The van der Waals surface area contributed by atoms with Crippen LogP contribution < -0.4 is 5.19 Å². The molecule has 5 heteroatoms. The zero-order chi connectivity index (χ0) is 15.3. The Labute approximate surface area is 130 Å². The Bertz CT molecular complexity index is 571. The average molecular weight is 356 g/mol. The highest BCUT2D eigenvalue weighted by atomic mass is 79.9. The Morgan fingerprint density at radius 2 is 1.75 bits per heavy atom. The van der Waals surface area contributed by atoms with Gasteiger partial charge in [-0.25, -0.2) is 4.98 Å². The monoisotopic (exact) mass is 355 g/mol. The number of carbonyl (C=O) groups excluding carboxylic acids is 1. The number of hydrogen-bond donors (Lipinski definition) is 0. The molecule has 0 saturated heterocycles. The predicted octanol–water partition coefficient (Wildman–Crippen LogP) is 3.65. The van der Waals surface area contributed by atoms with E-state index < -0.39 is 13.5 Å². The summed E-state index contributed by atoms with van der Waals surface area (Å²) in [5, 5.41) is 1.17. The first-order valence-corrected chi connectivity index (χ1v) is 11.2. The van der Waals surface area contributed by atoms with Crippen LogP contribution in [0.15, 0.2) is 4.60 Å². The van der Waals surface area contributed by atoms with Crippen LogP contribution in [0.5, 0.6) is 0 Å². The van der Waals surface area contributed by atoms with Gasteiger partial charge >= 0.3 is 0 Å². The van der Waals surface area contributed by atoms with Crippen molar-refractivity contribution < 1.29 is 9.53 Å². The summed E-state index contributed by atoms with van der Waals surface area (Å²) < 4.78 is 6.36. The molecule has 0 N–H and O–H groups in total. The second-order valence-corrected chi connectivity index (χ2v) is 13.2. The molecule has 1 aliphatic heterocycles. The summed E-state index contributed by atoms with van der Waals surface area (Å²) >= 11 is 3.51. The van der Waals surface area contributed by atoms with E-state index in [1.54, 1.807) is 0 Å². The Morgan fingerprint density at radius 3 is 2.25 bits per heavy atom. The number of hydrogen-bond acceptors (Lipinski definition) is 3. The highest BCUT2D eigenvalue weighted by Gasteiger charge is 2.36. The Kier molecular flexibility index (Phi) is 3.99. The Morgan fingerprint density at radius 1 is 1.20 bits per heavy atom. The molecule has 0 unspecified atom stereocenters. The standard InChI is InChI=1S/C15H22BrNO2Si/c1-15(2,3)13(18)11-12(20(4,5)6)9-7-19-8-10(9)14(16)17-11/h7-8H2,1-6H3. The molecule has 0 fully saturated rings. The van der Waals surface area contributed by atoms with E-state index in [4.69, 9.17) is 4.74 Å². The summed E-state index contributed by atoms with van der Waals surface area (Å²) in [4.78, 5) is 17.4. The molecule has 2 rings (SSSR count). The van der Waals surface area contributed by atoms with Crippen LogP contribution in [0, 0.1) is 5.41 Å². The van der Waals surface area contributed by atoms with E-state index in [1.165, 1.54) is 10.8 Å². The van der Waals surface area contributed by atoms with Gasteiger partial charge < -0.3 is 4.74 Å². The topological polar surface area (TPSA) is 39.2 Å². The summed E-state index contributed by atoms with van der Waals surface area (Å²) in [6.45, 7) is 13.8. The lowest BCUT2D eigenvalue weighted by atomic mass is 9.88. The molecule has 0 saturated carbocycles. The molecule has 3 nitrogen and oxygen atoms in total. The van der Waals surface area contributed by atoms with Gasteiger partial charge in [-0.3, -0.25) is 4.79 Å². The molecule has 0 radical (unpaired) electrons. The van der Waals surface area contributed by atoms with Crippen molar-refractivity contribution in [3.05, 3.63) is 21.4 Å². The number of aromatic nitrogens is 1. The third kappa shape index (κ3) is 2.76. The maximum absolute atomic E-state index is 12.8. The van der Waals surface area contributed by atoms with Crippen molar-refractivity contribution in [2.45, 2.75) is 53.6 Å². The molecule has 110 valence electrons. The maximum atomic E-state index is 12.8. The van der Waals surface area contributed by atoms with E-state index >= 15 is 0 Å². The number of fused-ring (bicyclic) bond motifs is 1. The van der Waals surface area contributed by atoms with Crippen molar-refractivity contribution >= 4 is 35.0 Å². The molecule has 1 aromatic heterocycles. The lowest BCUT2D eigenvalue weighted by molar-refractivity contribution is 0.0854. The van der Waals surface area contributed by atoms with Gasteiger partial charge in [0.15, 0.2) is 5.78 Å². The number of Topliss-reactive ketones (excluding diaryl/α,β-unsaturated/α-hetero) is 1. The van der Waals surface area contributed by atoms with Crippen molar-refractivity contribution in [3.63, 3.8) is 0 Å². The van der Waals surface area contributed by atoms with Gasteiger partial charge in [-0.1, -0.05) is 40.4 Å². The van der Waals surface area contributed by atoms with Crippen LogP contribution in [-0.4, -0.2) is 18.8 Å². The molecule has 20 heavy (non-hydrogen) atoms. The largest absolute Gasteiger partial charge is 0.372 e. The summed E-state index contributed by atoms with van der Waals surface area (Å²) in [7, 11) is -1.68. The van der Waals surface area contributed by atoms with Crippen LogP contribution >= 0.6 is 15.9 Å². The number of pyridine rings is 1.